The van der Waals surface area contributed by atoms with Gasteiger partial charge in [0.25, 0.3) is 0 Å². The molecule has 18 heavy (non-hydrogen) atoms. The van der Waals surface area contributed by atoms with Crippen molar-refractivity contribution >= 4 is 5.91 Å². The summed E-state index contributed by atoms with van der Waals surface area (Å²) in [6.07, 6.45) is 0.558. The zero-order chi connectivity index (χ0) is 13.0. The molecule has 0 bridgehead atoms. The molecule has 1 aromatic rings. The highest BCUT2D eigenvalue weighted by atomic mass is 16.5. The molecular formula is C13H18N2O3. The van der Waals surface area contributed by atoms with Crippen molar-refractivity contribution in [2.45, 2.75) is 25.1 Å². The Morgan fingerprint density at radius 2 is 2.06 bits per heavy atom. The van der Waals surface area contributed by atoms with Gasteiger partial charge in [-0.2, -0.15) is 0 Å². The van der Waals surface area contributed by atoms with Gasteiger partial charge in [0.2, 0.25) is 5.91 Å². The monoisotopic (exact) mass is 250 g/mol. The quantitative estimate of drug-likeness (QED) is 0.697. The molecule has 2 rings (SSSR count). The van der Waals surface area contributed by atoms with E-state index in [1.54, 1.807) is 0 Å². The zero-order valence-corrected chi connectivity index (χ0v) is 10.2. The molecule has 0 saturated carbocycles. The van der Waals surface area contributed by atoms with Crippen molar-refractivity contribution in [2.24, 2.45) is 5.73 Å². The van der Waals surface area contributed by atoms with Gasteiger partial charge in [0.15, 0.2) is 0 Å². The van der Waals surface area contributed by atoms with Crippen molar-refractivity contribution in [3.8, 4) is 0 Å². The molecule has 0 radical (unpaired) electrons. The number of rotatable bonds is 4. The molecule has 1 saturated heterocycles. The molecule has 1 atom stereocenters. The second kappa shape index (κ2) is 5.48. The fourth-order valence-corrected chi connectivity index (χ4v) is 1.88. The lowest BCUT2D eigenvalue weighted by molar-refractivity contribution is -0.126. The lowest BCUT2D eigenvalue weighted by Crippen LogP contribution is -2.54. The lowest BCUT2D eigenvalue weighted by Gasteiger charge is -2.20. The topological polar surface area (TPSA) is 84.6 Å². The van der Waals surface area contributed by atoms with Crippen LogP contribution in [0.1, 0.15) is 17.5 Å². The number of aliphatic hydroxyl groups excluding tert-OH is 1. The molecular weight excluding hydrogens is 232 g/mol. The summed E-state index contributed by atoms with van der Waals surface area (Å²) in [7, 11) is 0. The molecule has 1 aliphatic rings. The normalized spacial score (nSPS) is 23.0. The van der Waals surface area contributed by atoms with Crippen LogP contribution in [-0.2, 0) is 22.7 Å². The third-order valence-electron chi connectivity index (χ3n) is 3.16. The molecule has 5 nitrogen and oxygen atoms in total. The smallest absolute Gasteiger partial charge is 0.242 e. The van der Waals surface area contributed by atoms with Gasteiger partial charge in [-0.1, -0.05) is 24.3 Å². The predicted molar refractivity (Wildman–Crippen MR) is 66.6 cm³/mol. The summed E-state index contributed by atoms with van der Waals surface area (Å²) in [6, 6.07) is 7.41. The maximum Gasteiger partial charge on any atom is 0.242 e. The van der Waals surface area contributed by atoms with Crippen molar-refractivity contribution in [1.82, 2.24) is 5.32 Å². The Morgan fingerprint density at radius 1 is 1.39 bits per heavy atom. The van der Waals surface area contributed by atoms with E-state index in [0.29, 0.717) is 19.6 Å². The second-order valence-corrected chi connectivity index (χ2v) is 4.62. The standard InChI is InChI=1S/C13H18N2O3/c14-13(5-6-18-9-13)12(17)15-7-10-1-3-11(8-16)4-2-10/h1-4,16H,5-9,14H2,(H,15,17). The Bertz CT molecular complexity index is 411. The minimum atomic E-state index is -0.884. The van der Waals surface area contributed by atoms with Gasteiger partial charge in [-0.05, 0) is 17.5 Å². The Labute approximate surface area is 106 Å². The van der Waals surface area contributed by atoms with E-state index in [2.05, 4.69) is 5.32 Å². The van der Waals surface area contributed by atoms with Crippen LogP contribution in [-0.4, -0.2) is 29.8 Å². The highest BCUT2D eigenvalue weighted by Crippen LogP contribution is 2.15. The molecule has 0 aliphatic carbocycles. The number of ether oxygens (including phenoxy) is 1. The first-order chi connectivity index (χ1) is 8.64. The first kappa shape index (κ1) is 13.0. The van der Waals surface area contributed by atoms with Crippen molar-refractivity contribution in [3.63, 3.8) is 0 Å². The van der Waals surface area contributed by atoms with Gasteiger partial charge in [-0.15, -0.1) is 0 Å². The van der Waals surface area contributed by atoms with Crippen LogP contribution in [0, 0.1) is 0 Å². The van der Waals surface area contributed by atoms with E-state index < -0.39 is 5.54 Å². The molecule has 4 N–H and O–H groups in total. The number of carbonyl (C=O) groups excluding carboxylic acids is 1. The molecule has 1 aromatic carbocycles. The SMILES string of the molecule is NC1(C(=O)NCc2ccc(CO)cc2)CCOC1. The van der Waals surface area contributed by atoms with E-state index >= 15 is 0 Å². The number of aliphatic hydroxyl groups is 1. The third-order valence-corrected chi connectivity index (χ3v) is 3.16. The highest BCUT2D eigenvalue weighted by Gasteiger charge is 2.37. The van der Waals surface area contributed by atoms with E-state index in [1.807, 2.05) is 24.3 Å². The zero-order valence-electron chi connectivity index (χ0n) is 10.2. The number of hydrogen-bond acceptors (Lipinski definition) is 4. The van der Waals surface area contributed by atoms with Gasteiger partial charge in [-0.3, -0.25) is 4.79 Å². The summed E-state index contributed by atoms with van der Waals surface area (Å²) >= 11 is 0. The fourth-order valence-electron chi connectivity index (χ4n) is 1.88. The number of benzene rings is 1. The van der Waals surface area contributed by atoms with Gasteiger partial charge < -0.3 is 20.9 Å². The van der Waals surface area contributed by atoms with E-state index in [4.69, 9.17) is 15.6 Å². The Kier molecular flexibility index (Phi) is 3.96. The molecule has 1 unspecified atom stereocenters. The number of carbonyl (C=O) groups is 1. The minimum Gasteiger partial charge on any atom is -0.392 e. The van der Waals surface area contributed by atoms with Crippen LogP contribution >= 0.6 is 0 Å². The molecule has 98 valence electrons. The molecule has 0 aromatic heterocycles. The van der Waals surface area contributed by atoms with Crippen LogP contribution in [0.4, 0.5) is 0 Å². The van der Waals surface area contributed by atoms with Gasteiger partial charge in [-0.25, -0.2) is 0 Å². The van der Waals surface area contributed by atoms with Crippen molar-refractivity contribution in [3.05, 3.63) is 35.4 Å². The second-order valence-electron chi connectivity index (χ2n) is 4.62. The van der Waals surface area contributed by atoms with Gasteiger partial charge in [0.05, 0.1) is 13.2 Å². The number of nitrogens with two attached hydrogens (primary N) is 1. The summed E-state index contributed by atoms with van der Waals surface area (Å²) in [5, 5.41) is 11.7. The summed E-state index contributed by atoms with van der Waals surface area (Å²) in [5.41, 5.74) is 6.88. The summed E-state index contributed by atoms with van der Waals surface area (Å²) in [4.78, 5) is 11.9. The van der Waals surface area contributed by atoms with Gasteiger partial charge >= 0.3 is 0 Å². The van der Waals surface area contributed by atoms with Crippen molar-refractivity contribution in [2.75, 3.05) is 13.2 Å². The number of nitrogens with one attached hydrogen (secondary N) is 1. The van der Waals surface area contributed by atoms with E-state index in [0.717, 1.165) is 11.1 Å². The molecule has 5 heteroatoms. The molecule has 1 aliphatic heterocycles. The maximum atomic E-state index is 11.9. The van der Waals surface area contributed by atoms with Crippen molar-refractivity contribution in [1.29, 1.82) is 0 Å². The molecule has 1 fully saturated rings. The van der Waals surface area contributed by atoms with Crippen molar-refractivity contribution < 1.29 is 14.6 Å². The largest absolute Gasteiger partial charge is 0.392 e. The predicted octanol–water partition coefficient (Wildman–Crippen LogP) is -0.0871. The van der Waals surface area contributed by atoms with E-state index in [-0.39, 0.29) is 19.1 Å². The summed E-state index contributed by atoms with van der Waals surface area (Å²) in [5.74, 6) is -0.175. The van der Waals surface area contributed by atoms with Gasteiger partial charge in [0.1, 0.15) is 5.54 Å². The van der Waals surface area contributed by atoms with Crippen LogP contribution in [0.25, 0.3) is 0 Å². The first-order valence-corrected chi connectivity index (χ1v) is 5.98. The van der Waals surface area contributed by atoms with Crippen LogP contribution in [0.3, 0.4) is 0 Å². The fraction of sp³-hybridized carbons (Fsp3) is 0.462. The molecule has 1 amide bonds. The Balaban J connectivity index is 1.88. The summed E-state index contributed by atoms with van der Waals surface area (Å²) in [6.45, 7) is 1.27. The van der Waals surface area contributed by atoms with Crippen LogP contribution in [0.15, 0.2) is 24.3 Å². The first-order valence-electron chi connectivity index (χ1n) is 5.98. The number of hydrogen-bond donors (Lipinski definition) is 3. The third kappa shape index (κ3) is 2.87. The molecule has 1 heterocycles. The van der Waals surface area contributed by atoms with Gasteiger partial charge in [0, 0.05) is 13.2 Å². The minimum absolute atomic E-state index is 0.0237. The Hall–Kier alpha value is -1.43. The average Bonchev–Trinajstić information content (AvgIpc) is 2.85. The van der Waals surface area contributed by atoms with Crippen LogP contribution in [0.5, 0.6) is 0 Å². The lowest BCUT2D eigenvalue weighted by atomic mass is 9.99. The average molecular weight is 250 g/mol. The maximum absolute atomic E-state index is 11.9. The van der Waals surface area contributed by atoms with Crippen LogP contribution in [0.2, 0.25) is 0 Å². The highest BCUT2D eigenvalue weighted by molar-refractivity contribution is 5.86. The van der Waals surface area contributed by atoms with E-state index in [1.165, 1.54) is 0 Å². The number of amides is 1. The summed E-state index contributed by atoms with van der Waals surface area (Å²) < 4.78 is 5.15. The van der Waals surface area contributed by atoms with E-state index in [9.17, 15) is 4.79 Å². The molecule has 0 spiro atoms. The Morgan fingerprint density at radius 3 is 2.61 bits per heavy atom. The van der Waals surface area contributed by atoms with Crippen LogP contribution < -0.4 is 11.1 Å².